The minimum atomic E-state index is 0.522. The second-order valence-electron chi connectivity index (χ2n) is 6.04. The lowest BCUT2D eigenvalue weighted by molar-refractivity contribution is 0.518. The molecule has 0 unspecified atom stereocenters. The molecule has 24 heavy (non-hydrogen) atoms. The van der Waals surface area contributed by atoms with E-state index in [1.54, 1.807) is 6.26 Å². The summed E-state index contributed by atoms with van der Waals surface area (Å²) in [6.07, 6.45) is 1.67. The van der Waals surface area contributed by atoms with Crippen LogP contribution in [0.15, 0.2) is 59.2 Å². The molecule has 0 amide bonds. The largest absolute Gasteiger partial charge is 0.467 e. The maximum Gasteiger partial charge on any atom is 0.225 e. The van der Waals surface area contributed by atoms with Crippen LogP contribution in [0.4, 0.5) is 11.8 Å². The van der Waals surface area contributed by atoms with Crippen LogP contribution in [0.1, 0.15) is 19.6 Å². The summed E-state index contributed by atoms with van der Waals surface area (Å²) in [4.78, 5) is 9.19. The van der Waals surface area contributed by atoms with Crippen LogP contribution < -0.4 is 10.6 Å². The van der Waals surface area contributed by atoms with E-state index in [0.29, 0.717) is 18.4 Å². The molecule has 0 saturated carbocycles. The Hall–Kier alpha value is -2.82. The molecule has 0 atom stereocenters. The minimum Gasteiger partial charge on any atom is -0.467 e. The zero-order valence-corrected chi connectivity index (χ0v) is 14.0. The van der Waals surface area contributed by atoms with Crippen LogP contribution in [0.3, 0.4) is 0 Å². The Morgan fingerprint density at radius 1 is 1.00 bits per heavy atom. The highest BCUT2D eigenvalue weighted by molar-refractivity contribution is 5.64. The van der Waals surface area contributed by atoms with E-state index in [9.17, 15) is 0 Å². The van der Waals surface area contributed by atoms with E-state index in [4.69, 9.17) is 4.42 Å². The lowest BCUT2D eigenvalue weighted by atomic mass is 10.1. The summed E-state index contributed by atoms with van der Waals surface area (Å²) >= 11 is 0. The number of hydrogen-bond acceptors (Lipinski definition) is 5. The predicted molar refractivity (Wildman–Crippen MR) is 96.8 cm³/mol. The van der Waals surface area contributed by atoms with Crippen molar-refractivity contribution in [3.63, 3.8) is 0 Å². The van der Waals surface area contributed by atoms with Crippen LogP contribution >= 0.6 is 0 Å². The molecule has 2 aromatic heterocycles. The van der Waals surface area contributed by atoms with Gasteiger partial charge in [0.15, 0.2) is 0 Å². The lowest BCUT2D eigenvalue weighted by Gasteiger charge is -2.12. The molecule has 124 valence electrons. The van der Waals surface area contributed by atoms with Gasteiger partial charge in [0, 0.05) is 18.2 Å². The number of hydrogen-bond donors (Lipinski definition) is 2. The number of furan rings is 1. The van der Waals surface area contributed by atoms with Gasteiger partial charge in [0.25, 0.3) is 0 Å². The fourth-order valence-corrected chi connectivity index (χ4v) is 2.26. The molecule has 0 bridgehead atoms. The second-order valence-corrected chi connectivity index (χ2v) is 6.04. The van der Waals surface area contributed by atoms with Crippen LogP contribution in [0.5, 0.6) is 0 Å². The minimum absolute atomic E-state index is 0.522. The van der Waals surface area contributed by atoms with E-state index in [0.717, 1.165) is 29.4 Å². The van der Waals surface area contributed by atoms with Gasteiger partial charge in [-0.3, -0.25) is 0 Å². The van der Waals surface area contributed by atoms with Gasteiger partial charge in [0.1, 0.15) is 11.6 Å². The first-order chi connectivity index (χ1) is 11.7. The molecule has 0 spiro atoms. The molecule has 3 rings (SSSR count). The third-order valence-electron chi connectivity index (χ3n) is 3.49. The average Bonchev–Trinajstić information content (AvgIpc) is 3.12. The highest BCUT2D eigenvalue weighted by atomic mass is 16.3. The predicted octanol–water partition coefficient (Wildman–Crippen LogP) is 4.42. The summed E-state index contributed by atoms with van der Waals surface area (Å²) in [6.45, 7) is 5.73. The number of nitrogens with one attached hydrogen (secondary N) is 2. The normalized spacial score (nSPS) is 10.8. The van der Waals surface area contributed by atoms with Gasteiger partial charge in [0.05, 0.1) is 18.5 Å². The van der Waals surface area contributed by atoms with Crippen molar-refractivity contribution in [1.82, 2.24) is 9.97 Å². The van der Waals surface area contributed by atoms with Crippen LogP contribution in [0.2, 0.25) is 0 Å². The van der Waals surface area contributed by atoms with Crippen LogP contribution in [-0.2, 0) is 6.54 Å². The van der Waals surface area contributed by atoms with Gasteiger partial charge in [-0.05, 0) is 18.1 Å². The van der Waals surface area contributed by atoms with Crippen molar-refractivity contribution in [2.24, 2.45) is 5.92 Å². The highest BCUT2D eigenvalue weighted by Crippen LogP contribution is 2.21. The number of anilines is 2. The summed E-state index contributed by atoms with van der Waals surface area (Å²) < 4.78 is 5.36. The van der Waals surface area contributed by atoms with Gasteiger partial charge in [0.2, 0.25) is 5.95 Å². The Morgan fingerprint density at radius 2 is 1.83 bits per heavy atom. The molecule has 0 radical (unpaired) electrons. The monoisotopic (exact) mass is 322 g/mol. The second kappa shape index (κ2) is 7.64. The zero-order valence-electron chi connectivity index (χ0n) is 14.0. The fraction of sp³-hybridized carbons (Fsp3) is 0.263. The molecule has 0 fully saturated rings. The van der Waals surface area contributed by atoms with Crippen LogP contribution in [0.25, 0.3) is 11.3 Å². The maximum absolute atomic E-state index is 5.36. The van der Waals surface area contributed by atoms with Gasteiger partial charge < -0.3 is 15.1 Å². The molecule has 2 N–H and O–H groups in total. The van der Waals surface area contributed by atoms with E-state index >= 15 is 0 Å². The molecular weight excluding hydrogens is 300 g/mol. The summed E-state index contributed by atoms with van der Waals surface area (Å²) in [5.41, 5.74) is 1.95. The van der Waals surface area contributed by atoms with Crippen molar-refractivity contribution in [3.05, 3.63) is 60.6 Å². The smallest absolute Gasteiger partial charge is 0.225 e. The van der Waals surface area contributed by atoms with Crippen molar-refractivity contribution in [3.8, 4) is 11.3 Å². The lowest BCUT2D eigenvalue weighted by Crippen LogP contribution is -2.12. The van der Waals surface area contributed by atoms with E-state index < -0.39 is 0 Å². The van der Waals surface area contributed by atoms with Crippen LogP contribution in [0, 0.1) is 5.92 Å². The SMILES string of the molecule is CC(C)CNc1nc(NCc2ccco2)cc(-c2ccccc2)n1. The Labute approximate surface area is 142 Å². The number of aromatic nitrogens is 2. The van der Waals surface area contributed by atoms with Gasteiger partial charge in [-0.25, -0.2) is 4.98 Å². The molecule has 3 aromatic rings. The van der Waals surface area contributed by atoms with Gasteiger partial charge in [-0.1, -0.05) is 44.2 Å². The molecule has 0 aliphatic heterocycles. The van der Waals surface area contributed by atoms with Crippen molar-refractivity contribution in [2.45, 2.75) is 20.4 Å². The first kappa shape index (κ1) is 16.1. The first-order valence-electron chi connectivity index (χ1n) is 8.15. The first-order valence-corrected chi connectivity index (χ1v) is 8.15. The quantitative estimate of drug-likeness (QED) is 0.674. The van der Waals surface area contributed by atoms with E-state index in [1.807, 2.05) is 48.5 Å². The van der Waals surface area contributed by atoms with Gasteiger partial charge >= 0.3 is 0 Å². The Kier molecular flexibility index (Phi) is 5.11. The Balaban J connectivity index is 1.84. The van der Waals surface area contributed by atoms with E-state index in [1.165, 1.54) is 0 Å². The molecular formula is C19H22N4O. The zero-order chi connectivity index (χ0) is 16.8. The summed E-state index contributed by atoms with van der Waals surface area (Å²) in [7, 11) is 0. The van der Waals surface area contributed by atoms with Crippen molar-refractivity contribution >= 4 is 11.8 Å². The molecule has 2 heterocycles. The molecule has 1 aromatic carbocycles. The van der Waals surface area contributed by atoms with E-state index in [2.05, 4.69) is 34.4 Å². The summed E-state index contributed by atoms with van der Waals surface area (Å²) in [5.74, 6) is 2.79. The molecule has 0 aliphatic rings. The van der Waals surface area contributed by atoms with Gasteiger partial charge in [-0.2, -0.15) is 4.98 Å². The van der Waals surface area contributed by atoms with Crippen molar-refractivity contribution in [2.75, 3.05) is 17.2 Å². The van der Waals surface area contributed by atoms with Crippen molar-refractivity contribution < 1.29 is 4.42 Å². The topological polar surface area (TPSA) is 63.0 Å². The molecule has 0 aliphatic carbocycles. The van der Waals surface area contributed by atoms with Gasteiger partial charge in [-0.15, -0.1) is 0 Å². The summed E-state index contributed by atoms with van der Waals surface area (Å²) in [6, 6.07) is 15.9. The maximum atomic E-state index is 5.36. The third-order valence-corrected chi connectivity index (χ3v) is 3.49. The molecule has 5 nitrogen and oxygen atoms in total. The fourth-order valence-electron chi connectivity index (χ4n) is 2.26. The highest BCUT2D eigenvalue weighted by Gasteiger charge is 2.08. The number of benzene rings is 1. The molecule has 5 heteroatoms. The average molecular weight is 322 g/mol. The number of rotatable bonds is 7. The van der Waals surface area contributed by atoms with Crippen molar-refractivity contribution in [1.29, 1.82) is 0 Å². The van der Waals surface area contributed by atoms with Crippen LogP contribution in [-0.4, -0.2) is 16.5 Å². The Bertz CT molecular complexity index is 754. The Morgan fingerprint density at radius 3 is 2.54 bits per heavy atom. The number of nitrogens with zero attached hydrogens (tertiary/aromatic N) is 2. The third kappa shape index (κ3) is 4.35. The van der Waals surface area contributed by atoms with E-state index in [-0.39, 0.29) is 0 Å². The summed E-state index contributed by atoms with van der Waals surface area (Å²) in [5, 5.41) is 6.60. The standard InChI is InChI=1S/C19H22N4O/c1-14(2)12-21-19-22-17(15-7-4-3-5-8-15)11-18(23-19)20-13-16-9-6-10-24-16/h3-11,14H,12-13H2,1-2H3,(H2,20,21,22,23). The molecule has 0 saturated heterocycles.